The molecule has 2 heterocycles. The number of rotatable bonds is 6. The van der Waals surface area contributed by atoms with E-state index < -0.39 is 0 Å². The van der Waals surface area contributed by atoms with E-state index >= 15 is 0 Å². The van der Waals surface area contributed by atoms with Crippen LogP contribution in [0.15, 0.2) is 224 Å². The molecule has 0 aliphatic rings. The second-order valence-electron chi connectivity index (χ2n) is 16.0. The zero-order valence-electron chi connectivity index (χ0n) is 33.7. The summed E-state index contributed by atoms with van der Waals surface area (Å²) in [7, 11) is 0. The molecule has 0 N–H and O–H groups in total. The lowest BCUT2D eigenvalue weighted by atomic mass is 9.91. The van der Waals surface area contributed by atoms with Crippen LogP contribution in [0.1, 0.15) is 0 Å². The first kappa shape index (κ1) is 35.7. The van der Waals surface area contributed by atoms with Gasteiger partial charge in [-0.2, -0.15) is 0 Å². The van der Waals surface area contributed by atoms with Gasteiger partial charge in [0.15, 0.2) is 5.82 Å². The molecule has 0 fully saturated rings. The Morgan fingerprint density at radius 1 is 0.242 bits per heavy atom. The average molecular weight is 788 g/mol. The molecule has 0 saturated heterocycles. The highest BCUT2D eigenvalue weighted by atomic mass is 14.9. The molecule has 0 unspecified atom stereocenters. The van der Waals surface area contributed by atoms with E-state index in [4.69, 9.17) is 15.0 Å². The van der Waals surface area contributed by atoms with Crippen molar-refractivity contribution in [1.82, 2.24) is 15.0 Å². The molecular weight excluding hydrogens is 751 g/mol. The van der Waals surface area contributed by atoms with Crippen molar-refractivity contribution in [3.8, 4) is 67.4 Å². The van der Waals surface area contributed by atoms with Crippen molar-refractivity contribution in [2.45, 2.75) is 0 Å². The molecule has 0 amide bonds. The number of benzene rings is 10. The molecule has 62 heavy (non-hydrogen) atoms. The summed E-state index contributed by atoms with van der Waals surface area (Å²) >= 11 is 0. The SMILES string of the molecule is c1ccc(-c2cc(-c3ccc(-c4ccc(-c5nc(-c6ccc7ccccc7c6)cc(-c6ccc7ccccc7c6)n5)c5ccccc45)cc3)c3c(ccc4ccccc43)n2)cc1. The van der Waals surface area contributed by atoms with Crippen LogP contribution in [0.3, 0.4) is 0 Å². The predicted octanol–water partition coefficient (Wildman–Crippen LogP) is 15.6. The van der Waals surface area contributed by atoms with Crippen molar-refractivity contribution in [3.63, 3.8) is 0 Å². The molecule has 3 nitrogen and oxygen atoms in total. The standard InChI is InChI=1S/C59H37N3/c1-2-15-43(16-3-1)55-36-53(58-49-19-9-8-14-40(49)30-33-54(58)60-55)42-26-24-41(25-27-42)48-31-32-52(51-21-11-10-20-50(48)51)59-61-56(46-28-22-38-12-4-6-17-44(38)34-46)37-57(62-59)47-29-23-39-13-5-7-18-45(39)35-47/h1-37H. The van der Waals surface area contributed by atoms with Crippen LogP contribution >= 0.6 is 0 Å². The van der Waals surface area contributed by atoms with Gasteiger partial charge in [0.25, 0.3) is 0 Å². The van der Waals surface area contributed by atoms with Crippen LogP contribution < -0.4 is 0 Å². The third-order valence-corrected chi connectivity index (χ3v) is 12.3. The minimum Gasteiger partial charge on any atom is -0.248 e. The fourth-order valence-corrected chi connectivity index (χ4v) is 9.13. The number of nitrogens with zero attached hydrogens (tertiary/aromatic N) is 3. The first-order chi connectivity index (χ1) is 30.7. The van der Waals surface area contributed by atoms with Crippen LogP contribution in [-0.4, -0.2) is 15.0 Å². The van der Waals surface area contributed by atoms with Crippen LogP contribution in [0, 0.1) is 0 Å². The van der Waals surface area contributed by atoms with Gasteiger partial charge in [-0.15, -0.1) is 0 Å². The second-order valence-corrected chi connectivity index (χ2v) is 16.0. The summed E-state index contributed by atoms with van der Waals surface area (Å²) < 4.78 is 0. The van der Waals surface area contributed by atoms with Gasteiger partial charge in [0.05, 0.1) is 22.6 Å². The molecule has 0 spiro atoms. The van der Waals surface area contributed by atoms with E-state index in [1.165, 1.54) is 43.3 Å². The van der Waals surface area contributed by atoms with E-state index in [2.05, 4.69) is 218 Å². The van der Waals surface area contributed by atoms with Crippen molar-refractivity contribution < 1.29 is 0 Å². The second kappa shape index (κ2) is 14.8. The number of fused-ring (bicyclic) bond motifs is 6. The molecule has 0 saturated carbocycles. The Hall–Kier alpha value is -8.27. The van der Waals surface area contributed by atoms with Crippen molar-refractivity contribution in [2.75, 3.05) is 0 Å². The Morgan fingerprint density at radius 3 is 1.35 bits per heavy atom. The lowest BCUT2D eigenvalue weighted by Crippen LogP contribution is -1.97. The Bertz CT molecular complexity index is 3590. The van der Waals surface area contributed by atoms with Crippen molar-refractivity contribution in [3.05, 3.63) is 224 Å². The molecule has 288 valence electrons. The quantitative estimate of drug-likeness (QED) is 0.158. The normalized spacial score (nSPS) is 11.5. The molecule has 0 atom stereocenters. The van der Waals surface area contributed by atoms with E-state index in [9.17, 15) is 0 Å². The van der Waals surface area contributed by atoms with E-state index in [0.717, 1.165) is 72.3 Å². The van der Waals surface area contributed by atoms with Crippen LogP contribution in [0.5, 0.6) is 0 Å². The van der Waals surface area contributed by atoms with Crippen LogP contribution in [0.2, 0.25) is 0 Å². The van der Waals surface area contributed by atoms with Gasteiger partial charge in [-0.25, -0.2) is 15.0 Å². The fraction of sp³-hybridized carbons (Fsp3) is 0. The van der Waals surface area contributed by atoms with Crippen molar-refractivity contribution in [2.24, 2.45) is 0 Å². The van der Waals surface area contributed by atoms with Gasteiger partial charge in [-0.1, -0.05) is 188 Å². The summed E-state index contributed by atoms with van der Waals surface area (Å²) in [5, 5.41) is 10.6. The van der Waals surface area contributed by atoms with Gasteiger partial charge >= 0.3 is 0 Å². The summed E-state index contributed by atoms with van der Waals surface area (Å²) in [6.45, 7) is 0. The monoisotopic (exact) mass is 787 g/mol. The topological polar surface area (TPSA) is 38.7 Å². The first-order valence-corrected chi connectivity index (χ1v) is 21.1. The lowest BCUT2D eigenvalue weighted by Gasteiger charge is -2.15. The maximum Gasteiger partial charge on any atom is 0.161 e. The van der Waals surface area contributed by atoms with Crippen molar-refractivity contribution in [1.29, 1.82) is 0 Å². The highest BCUT2D eigenvalue weighted by molar-refractivity contribution is 6.14. The summed E-state index contributed by atoms with van der Waals surface area (Å²) in [5.74, 6) is 0.697. The van der Waals surface area contributed by atoms with E-state index in [-0.39, 0.29) is 0 Å². The van der Waals surface area contributed by atoms with Crippen molar-refractivity contribution >= 4 is 54.0 Å². The molecule has 0 bridgehead atoms. The van der Waals surface area contributed by atoms with E-state index in [1.54, 1.807) is 0 Å². The minimum absolute atomic E-state index is 0.697. The highest BCUT2D eigenvalue weighted by Crippen LogP contribution is 2.40. The molecule has 12 rings (SSSR count). The molecule has 0 aliphatic carbocycles. The Balaban J connectivity index is 0.991. The van der Waals surface area contributed by atoms with E-state index in [0.29, 0.717) is 5.82 Å². The molecular formula is C59H37N3. The molecule has 2 aromatic heterocycles. The first-order valence-electron chi connectivity index (χ1n) is 21.1. The fourth-order valence-electron chi connectivity index (χ4n) is 9.13. The number of hydrogen-bond donors (Lipinski definition) is 0. The maximum absolute atomic E-state index is 5.33. The number of pyridine rings is 1. The van der Waals surface area contributed by atoms with E-state index in [1.807, 2.05) is 6.07 Å². The zero-order chi connectivity index (χ0) is 41.0. The Labute approximate surface area is 359 Å². The van der Waals surface area contributed by atoms with Gasteiger partial charge < -0.3 is 0 Å². The highest BCUT2D eigenvalue weighted by Gasteiger charge is 2.17. The largest absolute Gasteiger partial charge is 0.248 e. The average Bonchev–Trinajstić information content (AvgIpc) is 3.35. The number of hydrogen-bond acceptors (Lipinski definition) is 3. The molecule has 3 heteroatoms. The van der Waals surface area contributed by atoms with Gasteiger partial charge in [0.1, 0.15) is 0 Å². The summed E-state index contributed by atoms with van der Waals surface area (Å²) in [4.78, 5) is 15.8. The van der Waals surface area contributed by atoms with Gasteiger partial charge in [0, 0.05) is 27.6 Å². The van der Waals surface area contributed by atoms with Gasteiger partial charge in [-0.05, 0) is 102 Å². The molecule has 12 aromatic rings. The lowest BCUT2D eigenvalue weighted by molar-refractivity contribution is 1.19. The molecule has 0 aliphatic heterocycles. The number of aromatic nitrogens is 3. The maximum atomic E-state index is 5.33. The van der Waals surface area contributed by atoms with Gasteiger partial charge in [-0.3, -0.25) is 0 Å². The Kier molecular flexibility index (Phi) is 8.50. The van der Waals surface area contributed by atoms with Crippen LogP contribution in [0.4, 0.5) is 0 Å². The molecule has 0 radical (unpaired) electrons. The smallest absolute Gasteiger partial charge is 0.161 e. The Morgan fingerprint density at radius 2 is 0.710 bits per heavy atom. The van der Waals surface area contributed by atoms with Crippen LogP contribution in [0.25, 0.3) is 121 Å². The summed E-state index contributed by atoms with van der Waals surface area (Å²) in [6, 6.07) is 80.0. The summed E-state index contributed by atoms with van der Waals surface area (Å²) in [6.07, 6.45) is 0. The van der Waals surface area contributed by atoms with Gasteiger partial charge in [0.2, 0.25) is 0 Å². The molecule has 10 aromatic carbocycles. The van der Waals surface area contributed by atoms with Crippen LogP contribution in [-0.2, 0) is 0 Å². The zero-order valence-corrected chi connectivity index (χ0v) is 33.7. The summed E-state index contributed by atoms with van der Waals surface area (Å²) in [5.41, 5.74) is 12.6. The minimum atomic E-state index is 0.697. The third kappa shape index (κ3) is 6.27. The predicted molar refractivity (Wildman–Crippen MR) is 260 cm³/mol. The third-order valence-electron chi connectivity index (χ3n) is 12.3.